The smallest absolute Gasteiger partial charge is 0.261 e. The van der Waals surface area contributed by atoms with Crippen molar-refractivity contribution in [2.45, 2.75) is 60.4 Å². The number of benzene rings is 1. The highest BCUT2D eigenvalue weighted by atomic mass is 16.1. The third-order valence-corrected chi connectivity index (χ3v) is 3.52. The minimum absolute atomic E-state index is 0.0826. The van der Waals surface area contributed by atoms with Crippen LogP contribution >= 0.6 is 0 Å². The van der Waals surface area contributed by atoms with Crippen molar-refractivity contribution in [2.75, 3.05) is 0 Å². The molecule has 1 aromatic heterocycles. The van der Waals surface area contributed by atoms with Gasteiger partial charge in [0.25, 0.3) is 5.56 Å². The Labute approximate surface area is 121 Å². The van der Waals surface area contributed by atoms with Crippen LogP contribution in [0, 0.1) is 13.8 Å². The minimum Gasteiger partial charge on any atom is -0.299 e. The highest BCUT2D eigenvalue weighted by Gasteiger charge is 2.07. The summed E-state index contributed by atoms with van der Waals surface area (Å²) >= 11 is 0. The van der Waals surface area contributed by atoms with E-state index in [0.29, 0.717) is 0 Å². The Morgan fingerprint density at radius 2 is 1.85 bits per heavy atom. The van der Waals surface area contributed by atoms with Gasteiger partial charge in [-0.05, 0) is 37.5 Å². The Bertz CT molecular complexity index is 614. The molecule has 0 N–H and O–H groups in total. The lowest BCUT2D eigenvalue weighted by molar-refractivity contribution is 0.584. The summed E-state index contributed by atoms with van der Waals surface area (Å²) in [5.74, 6) is 0. The topological polar surface area (TPSA) is 34.9 Å². The number of fused-ring (bicyclic) bond motifs is 1. The molecular weight excluding hydrogens is 248 g/mol. The molecule has 0 aliphatic rings. The van der Waals surface area contributed by atoms with Crippen LogP contribution in [-0.4, -0.2) is 9.55 Å². The van der Waals surface area contributed by atoms with E-state index in [1.165, 1.54) is 5.56 Å². The Balaban J connectivity index is 0.000000956. The molecule has 0 atom stereocenters. The van der Waals surface area contributed by atoms with E-state index in [0.717, 1.165) is 42.3 Å². The minimum atomic E-state index is 0.0826. The largest absolute Gasteiger partial charge is 0.299 e. The van der Waals surface area contributed by atoms with Crippen LogP contribution in [0.4, 0.5) is 0 Å². The fourth-order valence-corrected chi connectivity index (χ4v) is 2.17. The van der Waals surface area contributed by atoms with Crippen LogP contribution in [0.5, 0.6) is 0 Å². The number of unbranched alkanes of at least 4 members (excludes halogenated alkanes) is 2. The number of aromatic nitrogens is 2. The predicted octanol–water partition coefficient (Wildman–Crippen LogP) is 4.23. The van der Waals surface area contributed by atoms with Crippen molar-refractivity contribution in [3.05, 3.63) is 39.9 Å². The molecule has 0 fully saturated rings. The van der Waals surface area contributed by atoms with Crippen molar-refractivity contribution in [2.24, 2.45) is 0 Å². The second-order valence-electron chi connectivity index (χ2n) is 4.85. The van der Waals surface area contributed by atoms with Crippen molar-refractivity contribution >= 4 is 10.9 Å². The van der Waals surface area contributed by atoms with Crippen LogP contribution < -0.4 is 5.56 Å². The summed E-state index contributed by atoms with van der Waals surface area (Å²) in [7, 11) is 0. The third-order valence-electron chi connectivity index (χ3n) is 3.52. The maximum Gasteiger partial charge on any atom is 0.261 e. The van der Waals surface area contributed by atoms with Crippen LogP contribution in [0.1, 0.15) is 51.2 Å². The van der Waals surface area contributed by atoms with Gasteiger partial charge in [0.05, 0.1) is 17.2 Å². The van der Waals surface area contributed by atoms with Crippen LogP contribution in [0.2, 0.25) is 0 Å². The van der Waals surface area contributed by atoms with E-state index < -0.39 is 0 Å². The van der Waals surface area contributed by atoms with Crippen molar-refractivity contribution in [3.63, 3.8) is 0 Å². The Kier molecular flexibility index (Phi) is 6.43. The van der Waals surface area contributed by atoms with Gasteiger partial charge in [0.2, 0.25) is 0 Å². The van der Waals surface area contributed by atoms with Crippen molar-refractivity contribution in [1.82, 2.24) is 9.55 Å². The fraction of sp³-hybridized carbons (Fsp3) is 0.529. The number of rotatable bonds is 4. The highest BCUT2D eigenvalue weighted by Crippen LogP contribution is 2.16. The van der Waals surface area contributed by atoms with E-state index in [-0.39, 0.29) is 5.56 Å². The van der Waals surface area contributed by atoms with Crippen LogP contribution in [0.15, 0.2) is 23.3 Å². The van der Waals surface area contributed by atoms with Crippen molar-refractivity contribution in [3.8, 4) is 0 Å². The molecule has 0 radical (unpaired) electrons. The maximum atomic E-state index is 12.3. The predicted molar refractivity (Wildman–Crippen MR) is 86.4 cm³/mol. The normalized spacial score (nSPS) is 10.2. The van der Waals surface area contributed by atoms with E-state index in [2.05, 4.69) is 11.9 Å². The zero-order valence-corrected chi connectivity index (χ0v) is 13.4. The van der Waals surface area contributed by atoms with Crippen LogP contribution in [-0.2, 0) is 6.54 Å². The lowest BCUT2D eigenvalue weighted by Crippen LogP contribution is -2.21. The lowest BCUT2D eigenvalue weighted by atomic mass is 10.1. The van der Waals surface area contributed by atoms with Gasteiger partial charge in [-0.25, -0.2) is 4.98 Å². The molecule has 20 heavy (non-hydrogen) atoms. The van der Waals surface area contributed by atoms with Gasteiger partial charge in [-0.3, -0.25) is 9.36 Å². The average molecular weight is 274 g/mol. The Hall–Kier alpha value is -1.64. The molecule has 3 heteroatoms. The van der Waals surface area contributed by atoms with Crippen LogP contribution in [0.25, 0.3) is 10.9 Å². The molecular formula is C17H26N2O. The molecule has 2 aromatic rings. The highest BCUT2D eigenvalue weighted by molar-refractivity contribution is 5.81. The number of hydrogen-bond donors (Lipinski definition) is 0. The summed E-state index contributed by atoms with van der Waals surface area (Å²) < 4.78 is 1.73. The Morgan fingerprint density at radius 1 is 1.15 bits per heavy atom. The zero-order chi connectivity index (χ0) is 15.1. The van der Waals surface area contributed by atoms with E-state index in [1.54, 1.807) is 10.9 Å². The maximum absolute atomic E-state index is 12.3. The second kappa shape index (κ2) is 7.83. The first kappa shape index (κ1) is 16.4. The zero-order valence-electron chi connectivity index (χ0n) is 13.4. The molecule has 0 saturated carbocycles. The summed E-state index contributed by atoms with van der Waals surface area (Å²) in [6.07, 6.45) is 5.03. The summed E-state index contributed by atoms with van der Waals surface area (Å²) in [5.41, 5.74) is 3.20. The molecule has 110 valence electrons. The van der Waals surface area contributed by atoms with E-state index >= 15 is 0 Å². The van der Waals surface area contributed by atoms with Crippen LogP contribution in [0.3, 0.4) is 0 Å². The summed E-state index contributed by atoms with van der Waals surface area (Å²) in [5, 5.41) is 0.733. The second-order valence-corrected chi connectivity index (χ2v) is 4.85. The summed E-state index contributed by atoms with van der Waals surface area (Å²) in [4.78, 5) is 16.8. The van der Waals surface area contributed by atoms with Gasteiger partial charge in [-0.2, -0.15) is 0 Å². The Morgan fingerprint density at radius 3 is 2.50 bits per heavy atom. The van der Waals surface area contributed by atoms with E-state index in [1.807, 2.05) is 39.8 Å². The molecule has 3 nitrogen and oxygen atoms in total. The van der Waals surface area contributed by atoms with Gasteiger partial charge in [0.1, 0.15) is 0 Å². The first-order chi connectivity index (χ1) is 9.65. The van der Waals surface area contributed by atoms with Gasteiger partial charge < -0.3 is 0 Å². The molecule has 0 aliphatic carbocycles. The van der Waals surface area contributed by atoms with Gasteiger partial charge in [0, 0.05) is 6.54 Å². The van der Waals surface area contributed by atoms with Gasteiger partial charge in [0.15, 0.2) is 0 Å². The summed E-state index contributed by atoms with van der Waals surface area (Å²) in [6.45, 7) is 11.0. The molecule has 0 aliphatic heterocycles. The van der Waals surface area contributed by atoms with Gasteiger partial charge in [-0.15, -0.1) is 0 Å². The molecule has 1 aromatic carbocycles. The monoisotopic (exact) mass is 274 g/mol. The van der Waals surface area contributed by atoms with E-state index in [9.17, 15) is 4.79 Å². The molecule has 0 spiro atoms. The average Bonchev–Trinajstić information content (AvgIpc) is 2.48. The van der Waals surface area contributed by atoms with Gasteiger partial charge >= 0.3 is 0 Å². The standard InChI is InChI=1S/C15H20N2O.C2H6/c1-4-5-6-9-17-10-16-14-12(3)11(2)7-8-13(14)15(17)18;1-2/h7-8,10H,4-6,9H2,1-3H3;1-2H3. The quantitative estimate of drug-likeness (QED) is 0.782. The number of nitrogens with zero attached hydrogens (tertiary/aromatic N) is 2. The van der Waals surface area contributed by atoms with Crippen molar-refractivity contribution < 1.29 is 0 Å². The third kappa shape index (κ3) is 3.47. The number of aryl methyl sites for hydroxylation is 3. The first-order valence-corrected chi connectivity index (χ1v) is 7.60. The van der Waals surface area contributed by atoms with E-state index in [4.69, 9.17) is 0 Å². The van der Waals surface area contributed by atoms with Gasteiger partial charge in [-0.1, -0.05) is 39.7 Å². The number of hydrogen-bond acceptors (Lipinski definition) is 2. The molecule has 0 amide bonds. The molecule has 1 heterocycles. The lowest BCUT2D eigenvalue weighted by Gasteiger charge is -2.08. The SMILES string of the molecule is CC.CCCCCn1cnc2c(C)c(C)ccc2c1=O. The first-order valence-electron chi connectivity index (χ1n) is 7.60. The molecule has 0 bridgehead atoms. The molecule has 2 rings (SSSR count). The summed E-state index contributed by atoms with van der Waals surface area (Å²) in [6, 6.07) is 3.89. The van der Waals surface area contributed by atoms with Crippen molar-refractivity contribution in [1.29, 1.82) is 0 Å². The fourth-order valence-electron chi connectivity index (χ4n) is 2.17. The molecule has 0 unspecified atom stereocenters. The molecule has 0 saturated heterocycles.